The fraction of sp³-hybridized carbons (Fsp3) is 0.750. The standard InChI is InChI=1S/C12H21N3O4/c1-8-4-3-5-9(2)15(8)12(19)14-6-10(16)13-7-11(17)18/h8-9H,3-7H2,1-2H3,(H,13,16)(H,14,19)(H,17,18)/t8-,9+. The van der Waals surface area contributed by atoms with Crippen LogP contribution in [-0.2, 0) is 9.59 Å². The van der Waals surface area contributed by atoms with E-state index in [1.54, 1.807) is 4.90 Å². The normalized spacial score (nSPS) is 22.7. The van der Waals surface area contributed by atoms with Gasteiger partial charge in [-0.1, -0.05) is 0 Å². The Kier molecular flexibility index (Phi) is 5.59. The molecule has 0 aromatic heterocycles. The van der Waals surface area contributed by atoms with Crippen molar-refractivity contribution in [1.29, 1.82) is 0 Å². The highest BCUT2D eigenvalue weighted by molar-refractivity contribution is 5.86. The monoisotopic (exact) mass is 271 g/mol. The number of carboxylic acids is 1. The van der Waals surface area contributed by atoms with Crippen LogP contribution in [0.3, 0.4) is 0 Å². The maximum atomic E-state index is 12.0. The molecule has 19 heavy (non-hydrogen) atoms. The van der Waals surface area contributed by atoms with E-state index in [4.69, 9.17) is 5.11 Å². The van der Waals surface area contributed by atoms with Gasteiger partial charge in [-0.15, -0.1) is 0 Å². The molecule has 7 heteroatoms. The van der Waals surface area contributed by atoms with E-state index in [1.165, 1.54) is 0 Å². The van der Waals surface area contributed by atoms with E-state index in [-0.39, 0.29) is 24.7 Å². The van der Waals surface area contributed by atoms with E-state index in [0.717, 1.165) is 19.3 Å². The second kappa shape index (κ2) is 6.96. The molecule has 0 spiro atoms. The molecule has 108 valence electrons. The van der Waals surface area contributed by atoms with Crippen LogP contribution in [0.4, 0.5) is 4.79 Å². The zero-order chi connectivity index (χ0) is 14.4. The Morgan fingerprint density at radius 3 is 2.21 bits per heavy atom. The first-order valence-corrected chi connectivity index (χ1v) is 6.46. The molecule has 0 aliphatic carbocycles. The summed E-state index contributed by atoms with van der Waals surface area (Å²) >= 11 is 0. The van der Waals surface area contributed by atoms with Crippen molar-refractivity contribution < 1.29 is 19.5 Å². The Morgan fingerprint density at radius 1 is 1.11 bits per heavy atom. The van der Waals surface area contributed by atoms with Gasteiger partial charge in [-0.25, -0.2) is 4.79 Å². The Hall–Kier alpha value is -1.79. The molecule has 1 aliphatic rings. The molecule has 0 saturated carbocycles. The minimum absolute atomic E-state index is 0.158. The Labute approximate surface area is 112 Å². The fourth-order valence-corrected chi connectivity index (χ4v) is 2.31. The van der Waals surface area contributed by atoms with E-state index in [1.807, 2.05) is 13.8 Å². The molecule has 3 N–H and O–H groups in total. The molecule has 3 amide bonds. The molecule has 1 fully saturated rings. The second-order valence-corrected chi connectivity index (χ2v) is 4.87. The molecule has 0 aromatic carbocycles. The Balaban J connectivity index is 2.37. The molecular weight excluding hydrogens is 250 g/mol. The molecule has 1 saturated heterocycles. The molecular formula is C12H21N3O4. The summed E-state index contributed by atoms with van der Waals surface area (Å²) in [6, 6.07) is 0.0434. The van der Waals surface area contributed by atoms with Gasteiger partial charge in [0, 0.05) is 12.1 Å². The summed E-state index contributed by atoms with van der Waals surface area (Å²) in [5.74, 6) is -1.62. The Bertz CT molecular complexity index is 349. The first-order valence-electron chi connectivity index (χ1n) is 6.46. The van der Waals surface area contributed by atoms with E-state index in [9.17, 15) is 14.4 Å². The van der Waals surface area contributed by atoms with Crippen molar-refractivity contribution in [2.45, 2.75) is 45.2 Å². The van der Waals surface area contributed by atoms with Gasteiger partial charge in [-0.3, -0.25) is 9.59 Å². The van der Waals surface area contributed by atoms with Crippen molar-refractivity contribution in [1.82, 2.24) is 15.5 Å². The quantitative estimate of drug-likeness (QED) is 0.678. The van der Waals surface area contributed by atoms with Gasteiger partial charge in [0.15, 0.2) is 0 Å². The number of likely N-dealkylation sites (tertiary alicyclic amines) is 1. The van der Waals surface area contributed by atoms with Gasteiger partial charge in [0.05, 0.1) is 6.54 Å². The van der Waals surface area contributed by atoms with Crippen molar-refractivity contribution >= 4 is 17.9 Å². The van der Waals surface area contributed by atoms with E-state index in [0.29, 0.717) is 0 Å². The summed E-state index contributed by atoms with van der Waals surface area (Å²) in [7, 11) is 0. The van der Waals surface area contributed by atoms with Crippen molar-refractivity contribution in [3.63, 3.8) is 0 Å². The van der Waals surface area contributed by atoms with Crippen molar-refractivity contribution in [3.8, 4) is 0 Å². The molecule has 2 atom stereocenters. The third-order valence-electron chi connectivity index (χ3n) is 3.26. The smallest absolute Gasteiger partial charge is 0.322 e. The number of aliphatic carboxylic acids is 1. The van der Waals surface area contributed by atoms with Gasteiger partial charge in [0.25, 0.3) is 0 Å². The van der Waals surface area contributed by atoms with Crippen LogP contribution < -0.4 is 10.6 Å². The number of nitrogens with zero attached hydrogens (tertiary/aromatic N) is 1. The summed E-state index contributed by atoms with van der Waals surface area (Å²) < 4.78 is 0. The van der Waals surface area contributed by atoms with Crippen LogP contribution in [0.5, 0.6) is 0 Å². The fourth-order valence-electron chi connectivity index (χ4n) is 2.31. The average molecular weight is 271 g/mol. The average Bonchev–Trinajstić information content (AvgIpc) is 2.33. The van der Waals surface area contributed by atoms with Gasteiger partial charge in [0.1, 0.15) is 6.54 Å². The van der Waals surface area contributed by atoms with E-state index >= 15 is 0 Å². The summed E-state index contributed by atoms with van der Waals surface area (Å²) in [5.41, 5.74) is 0. The molecule has 0 unspecified atom stereocenters. The van der Waals surface area contributed by atoms with E-state index < -0.39 is 18.4 Å². The van der Waals surface area contributed by atoms with Gasteiger partial charge in [-0.2, -0.15) is 0 Å². The van der Waals surface area contributed by atoms with E-state index in [2.05, 4.69) is 10.6 Å². The molecule has 0 aromatic rings. The predicted octanol–water partition coefficient (Wildman–Crippen LogP) is 0.160. The number of carboxylic acid groups (broad SMARTS) is 1. The topological polar surface area (TPSA) is 98.7 Å². The number of rotatable bonds is 4. The lowest BCUT2D eigenvalue weighted by molar-refractivity contribution is -0.137. The molecule has 7 nitrogen and oxygen atoms in total. The lowest BCUT2D eigenvalue weighted by Gasteiger charge is -2.38. The lowest BCUT2D eigenvalue weighted by atomic mass is 9.98. The predicted molar refractivity (Wildman–Crippen MR) is 68.7 cm³/mol. The zero-order valence-corrected chi connectivity index (χ0v) is 11.3. The van der Waals surface area contributed by atoms with Crippen LogP contribution in [0.1, 0.15) is 33.1 Å². The van der Waals surface area contributed by atoms with Gasteiger partial charge < -0.3 is 20.6 Å². The zero-order valence-electron chi connectivity index (χ0n) is 11.3. The van der Waals surface area contributed by atoms with Crippen molar-refractivity contribution in [3.05, 3.63) is 0 Å². The van der Waals surface area contributed by atoms with Crippen molar-refractivity contribution in [2.24, 2.45) is 0 Å². The molecule has 1 aliphatic heterocycles. The number of hydrogen-bond acceptors (Lipinski definition) is 3. The van der Waals surface area contributed by atoms with Crippen LogP contribution in [0.25, 0.3) is 0 Å². The summed E-state index contributed by atoms with van der Waals surface area (Å²) in [4.78, 5) is 35.3. The van der Waals surface area contributed by atoms with Gasteiger partial charge in [0.2, 0.25) is 5.91 Å². The maximum absolute atomic E-state index is 12.0. The van der Waals surface area contributed by atoms with Gasteiger partial charge >= 0.3 is 12.0 Å². The number of piperidine rings is 1. The number of carbonyl (C=O) groups excluding carboxylic acids is 2. The first-order chi connectivity index (χ1) is 8.91. The highest BCUT2D eigenvalue weighted by Crippen LogP contribution is 2.22. The number of urea groups is 1. The molecule has 0 radical (unpaired) electrons. The largest absolute Gasteiger partial charge is 0.480 e. The third-order valence-corrected chi connectivity index (χ3v) is 3.26. The molecule has 1 rings (SSSR count). The summed E-state index contributed by atoms with van der Waals surface area (Å²) in [6.07, 6.45) is 3.02. The second-order valence-electron chi connectivity index (χ2n) is 4.87. The molecule has 1 heterocycles. The lowest BCUT2D eigenvalue weighted by Crippen LogP contribution is -2.53. The number of amides is 3. The summed E-state index contributed by atoms with van der Waals surface area (Å²) in [5, 5.41) is 13.1. The maximum Gasteiger partial charge on any atom is 0.322 e. The molecule has 0 bridgehead atoms. The van der Waals surface area contributed by atoms with Gasteiger partial charge in [-0.05, 0) is 33.1 Å². The summed E-state index contributed by atoms with van der Waals surface area (Å²) in [6.45, 7) is 3.33. The third kappa shape index (κ3) is 4.76. The van der Waals surface area contributed by atoms with Crippen LogP contribution in [0.2, 0.25) is 0 Å². The van der Waals surface area contributed by atoms with Crippen LogP contribution in [0.15, 0.2) is 0 Å². The minimum Gasteiger partial charge on any atom is -0.480 e. The highest BCUT2D eigenvalue weighted by atomic mass is 16.4. The SMILES string of the molecule is C[C@@H]1CCC[C@H](C)N1C(=O)NCC(=O)NCC(=O)O. The van der Waals surface area contributed by atoms with Crippen LogP contribution >= 0.6 is 0 Å². The highest BCUT2D eigenvalue weighted by Gasteiger charge is 2.28. The minimum atomic E-state index is -1.11. The Morgan fingerprint density at radius 2 is 1.68 bits per heavy atom. The van der Waals surface area contributed by atoms with Crippen LogP contribution in [0, 0.1) is 0 Å². The first kappa shape index (κ1) is 15.3. The van der Waals surface area contributed by atoms with Crippen LogP contribution in [-0.4, -0.2) is 53.1 Å². The van der Waals surface area contributed by atoms with Crippen molar-refractivity contribution in [2.75, 3.05) is 13.1 Å². The number of carbonyl (C=O) groups is 3. The number of nitrogens with one attached hydrogen (secondary N) is 2. The number of hydrogen-bond donors (Lipinski definition) is 3.